The predicted octanol–water partition coefficient (Wildman–Crippen LogP) is 12.9. The van der Waals surface area contributed by atoms with Gasteiger partial charge in [0.05, 0.1) is 27.7 Å². The van der Waals surface area contributed by atoms with Crippen molar-refractivity contribution in [2.24, 2.45) is 0 Å². The molecule has 0 spiro atoms. The number of phosphoric ester groups is 1. The summed E-state index contributed by atoms with van der Waals surface area (Å²) in [4.78, 5) is 37.5. The van der Waals surface area contributed by atoms with Gasteiger partial charge in [-0.1, -0.05) is 149 Å². The van der Waals surface area contributed by atoms with E-state index in [0.29, 0.717) is 23.9 Å². The number of hydrogen-bond donors (Lipinski definition) is 0. The fraction of sp³-hybridized carbons (Fsp3) is 0.608. The molecule has 346 valence electrons. The van der Waals surface area contributed by atoms with Crippen molar-refractivity contribution < 1.29 is 42.1 Å². The lowest BCUT2D eigenvalue weighted by atomic mass is 10.1. The zero-order valence-electron chi connectivity index (χ0n) is 38.8. The van der Waals surface area contributed by atoms with Gasteiger partial charge in [0, 0.05) is 12.8 Å². The minimum atomic E-state index is -4.65. The van der Waals surface area contributed by atoms with Gasteiger partial charge < -0.3 is 27.9 Å². The molecule has 0 fully saturated rings. The van der Waals surface area contributed by atoms with Gasteiger partial charge in [-0.2, -0.15) is 0 Å². The Morgan fingerprint density at radius 1 is 0.525 bits per heavy atom. The zero-order valence-corrected chi connectivity index (χ0v) is 39.7. The number of quaternary nitrogens is 1. The van der Waals surface area contributed by atoms with Crippen molar-refractivity contribution in [1.29, 1.82) is 0 Å². The highest BCUT2D eigenvalue weighted by Gasteiger charge is 2.21. The van der Waals surface area contributed by atoms with Crippen LogP contribution in [0, 0.1) is 0 Å². The van der Waals surface area contributed by atoms with E-state index in [1.165, 1.54) is 6.42 Å². The van der Waals surface area contributed by atoms with Crippen molar-refractivity contribution in [2.45, 2.75) is 155 Å². The van der Waals surface area contributed by atoms with Crippen molar-refractivity contribution >= 4 is 19.8 Å². The van der Waals surface area contributed by atoms with Gasteiger partial charge >= 0.3 is 11.9 Å². The summed E-state index contributed by atoms with van der Waals surface area (Å²) in [5, 5.41) is 0. The van der Waals surface area contributed by atoms with Gasteiger partial charge in [0.15, 0.2) is 6.10 Å². The molecule has 0 radical (unpaired) electrons. The van der Waals surface area contributed by atoms with Crippen LogP contribution in [-0.2, 0) is 32.7 Å². The Morgan fingerprint density at radius 2 is 0.934 bits per heavy atom. The first-order chi connectivity index (χ1) is 29.5. The molecule has 0 N–H and O–H groups in total. The molecule has 0 heterocycles. The number of carbonyl (C=O) groups is 2. The normalized spacial score (nSPS) is 14.5. The molecular formula is C51H84NO8P. The second-order valence-electron chi connectivity index (χ2n) is 16.0. The van der Waals surface area contributed by atoms with Crippen LogP contribution in [0.25, 0.3) is 0 Å². The topological polar surface area (TPSA) is 111 Å². The molecule has 0 aliphatic rings. The van der Waals surface area contributed by atoms with Crippen LogP contribution < -0.4 is 4.89 Å². The van der Waals surface area contributed by atoms with Crippen molar-refractivity contribution in [3.05, 3.63) is 109 Å². The monoisotopic (exact) mass is 870 g/mol. The molecule has 2 unspecified atom stereocenters. The first kappa shape index (κ1) is 57.7. The summed E-state index contributed by atoms with van der Waals surface area (Å²) >= 11 is 0. The molecule has 0 amide bonds. The lowest BCUT2D eigenvalue weighted by Gasteiger charge is -2.28. The number of ether oxygens (including phenoxy) is 2. The third kappa shape index (κ3) is 46.0. The first-order valence-electron chi connectivity index (χ1n) is 23.1. The average molecular weight is 870 g/mol. The summed E-state index contributed by atoms with van der Waals surface area (Å²) in [6.45, 7) is 3.95. The van der Waals surface area contributed by atoms with Crippen molar-refractivity contribution in [1.82, 2.24) is 0 Å². The minimum Gasteiger partial charge on any atom is -0.756 e. The van der Waals surface area contributed by atoms with Gasteiger partial charge in [0.1, 0.15) is 19.8 Å². The number of allylic oxidation sites excluding steroid dienone is 18. The molecule has 2 atom stereocenters. The van der Waals surface area contributed by atoms with Gasteiger partial charge in [-0.15, -0.1) is 0 Å². The molecule has 0 bridgehead atoms. The highest BCUT2D eigenvalue weighted by Crippen LogP contribution is 2.38. The molecule has 0 aliphatic carbocycles. The van der Waals surface area contributed by atoms with Gasteiger partial charge in [0.25, 0.3) is 7.82 Å². The Morgan fingerprint density at radius 3 is 1.44 bits per heavy atom. The lowest BCUT2D eigenvalue weighted by Crippen LogP contribution is -2.37. The molecular weight excluding hydrogens is 786 g/mol. The van der Waals surface area contributed by atoms with Crippen LogP contribution in [-0.4, -0.2) is 70.0 Å². The zero-order chi connectivity index (χ0) is 45.0. The summed E-state index contributed by atoms with van der Waals surface area (Å²) < 4.78 is 33.8. The van der Waals surface area contributed by atoms with Gasteiger partial charge in [-0.05, 0) is 96.3 Å². The highest BCUT2D eigenvalue weighted by atomic mass is 31.2. The van der Waals surface area contributed by atoms with E-state index in [1.807, 2.05) is 21.1 Å². The number of hydrogen-bond acceptors (Lipinski definition) is 8. The van der Waals surface area contributed by atoms with E-state index < -0.39 is 32.5 Å². The maximum absolute atomic E-state index is 12.7. The van der Waals surface area contributed by atoms with Gasteiger partial charge in [-0.25, -0.2) is 0 Å². The Balaban J connectivity index is 4.38. The van der Waals surface area contributed by atoms with Crippen LogP contribution >= 0.6 is 7.82 Å². The summed E-state index contributed by atoms with van der Waals surface area (Å²) in [7, 11) is 1.11. The molecule has 0 saturated heterocycles. The molecule has 0 aliphatic heterocycles. The fourth-order valence-corrected chi connectivity index (χ4v) is 6.16. The highest BCUT2D eigenvalue weighted by molar-refractivity contribution is 7.45. The van der Waals surface area contributed by atoms with Gasteiger partial charge in [0.2, 0.25) is 0 Å². The Labute approximate surface area is 372 Å². The SMILES string of the molecule is CC/C=C\C/C=C\C/C=C\C/C=C\C/C=C\C/C=C\C/C=C\C/C=C\CCCCC(=O)OC(COC(=O)CCCCCCC/C=C\CCC)COP(=O)([O-])OCC[N+](C)(C)C. The fourth-order valence-electron chi connectivity index (χ4n) is 5.43. The van der Waals surface area contributed by atoms with E-state index >= 15 is 0 Å². The van der Waals surface area contributed by atoms with E-state index in [0.717, 1.165) is 103 Å². The molecule has 9 nitrogen and oxygen atoms in total. The van der Waals surface area contributed by atoms with E-state index in [4.69, 9.17) is 18.5 Å². The smallest absolute Gasteiger partial charge is 0.306 e. The predicted molar refractivity (Wildman–Crippen MR) is 254 cm³/mol. The number of rotatable bonds is 40. The Bertz CT molecular complexity index is 1400. The molecule has 10 heteroatoms. The first-order valence-corrected chi connectivity index (χ1v) is 24.6. The Hall–Kier alpha value is -3.33. The van der Waals surface area contributed by atoms with E-state index in [9.17, 15) is 19.0 Å². The van der Waals surface area contributed by atoms with Crippen molar-refractivity contribution in [3.63, 3.8) is 0 Å². The summed E-state index contributed by atoms with van der Waals surface area (Å²) in [5.41, 5.74) is 0. The quantitative estimate of drug-likeness (QED) is 0.0197. The lowest BCUT2D eigenvalue weighted by molar-refractivity contribution is -0.870. The van der Waals surface area contributed by atoms with E-state index in [-0.39, 0.29) is 26.1 Å². The average Bonchev–Trinajstić information content (AvgIpc) is 3.21. The number of phosphoric acid groups is 1. The summed E-state index contributed by atoms with van der Waals surface area (Å²) in [5.74, 6) is -0.912. The second-order valence-corrected chi connectivity index (χ2v) is 17.4. The Kier molecular flexibility index (Phi) is 39.7. The standard InChI is InChI=1S/C51H84NO8P/c1-6-8-10-12-14-16-18-19-20-21-22-23-24-25-26-27-28-29-30-31-32-33-34-36-38-40-42-44-51(54)60-49(48-59-61(55,56)58-46-45-52(3,4)5)47-57-50(53)43-41-39-37-35-17-15-13-11-9-7-2/h8,10-11,13-14,16,19-20,22-23,25-26,28-29,31-32,34,36,49H,6-7,9,12,15,17-18,21,24,27,30,33,35,37-48H2,1-5H3/b10-8-,13-11-,16-14-,20-19-,23-22-,26-25-,29-28-,32-31-,36-34-. The number of carbonyl (C=O) groups excluding carboxylic acids is 2. The van der Waals surface area contributed by atoms with Crippen LogP contribution in [0.5, 0.6) is 0 Å². The molecule has 0 saturated carbocycles. The van der Waals surface area contributed by atoms with Crippen molar-refractivity contribution in [3.8, 4) is 0 Å². The third-order valence-corrected chi connectivity index (χ3v) is 9.97. The number of likely N-dealkylation sites (N-methyl/N-ethyl adjacent to an activating group) is 1. The summed E-state index contributed by atoms with van der Waals surface area (Å²) in [6, 6.07) is 0. The van der Waals surface area contributed by atoms with Crippen LogP contribution in [0.2, 0.25) is 0 Å². The molecule has 0 rings (SSSR count). The largest absolute Gasteiger partial charge is 0.756 e. The number of nitrogens with zero attached hydrogens (tertiary/aromatic N) is 1. The van der Waals surface area contributed by atoms with E-state index in [2.05, 4.69) is 123 Å². The maximum atomic E-state index is 12.7. The molecule has 61 heavy (non-hydrogen) atoms. The molecule has 0 aromatic heterocycles. The number of esters is 2. The van der Waals surface area contributed by atoms with Crippen molar-refractivity contribution in [2.75, 3.05) is 47.5 Å². The molecule has 0 aromatic rings. The van der Waals surface area contributed by atoms with Gasteiger partial charge in [-0.3, -0.25) is 14.2 Å². The van der Waals surface area contributed by atoms with Crippen LogP contribution in [0.1, 0.15) is 149 Å². The minimum absolute atomic E-state index is 0.0473. The van der Waals surface area contributed by atoms with Crippen LogP contribution in [0.4, 0.5) is 0 Å². The second kappa shape index (κ2) is 42.0. The third-order valence-electron chi connectivity index (χ3n) is 9.01. The maximum Gasteiger partial charge on any atom is 0.306 e. The summed E-state index contributed by atoms with van der Waals surface area (Å²) in [6.07, 6.45) is 57.1. The van der Waals surface area contributed by atoms with E-state index in [1.54, 1.807) is 0 Å². The number of unbranched alkanes of at least 4 members (excludes halogenated alkanes) is 8. The molecule has 0 aromatic carbocycles. The van der Waals surface area contributed by atoms with Crippen LogP contribution in [0.3, 0.4) is 0 Å². The van der Waals surface area contributed by atoms with Crippen LogP contribution in [0.15, 0.2) is 109 Å².